The van der Waals surface area contributed by atoms with Gasteiger partial charge in [-0.15, -0.1) is 11.3 Å². The zero-order valence-corrected chi connectivity index (χ0v) is 21.1. The summed E-state index contributed by atoms with van der Waals surface area (Å²) in [5.41, 5.74) is 3.41. The Morgan fingerprint density at radius 3 is 2.51 bits per heavy atom. The molecule has 2 aromatic heterocycles. The van der Waals surface area contributed by atoms with E-state index in [1.54, 1.807) is 29.9 Å². The highest BCUT2D eigenvalue weighted by molar-refractivity contribution is 7.13. The van der Waals surface area contributed by atoms with Gasteiger partial charge in [-0.25, -0.2) is 18.7 Å². The van der Waals surface area contributed by atoms with Crippen molar-refractivity contribution in [1.29, 1.82) is 0 Å². The molecule has 190 valence electrons. The Morgan fingerprint density at radius 1 is 1.05 bits per heavy atom. The first kappa shape index (κ1) is 23.7. The number of thiazole rings is 1. The third-order valence-electron chi connectivity index (χ3n) is 6.86. The number of piperazine rings is 1. The summed E-state index contributed by atoms with van der Waals surface area (Å²) in [5.74, 6) is -1.27. The molecule has 10 heteroatoms. The van der Waals surface area contributed by atoms with E-state index in [9.17, 15) is 13.6 Å². The van der Waals surface area contributed by atoms with Crippen LogP contribution in [0.4, 0.5) is 20.2 Å². The van der Waals surface area contributed by atoms with Gasteiger partial charge in [0.15, 0.2) is 0 Å². The predicted molar refractivity (Wildman–Crippen MR) is 141 cm³/mol. The van der Waals surface area contributed by atoms with E-state index < -0.39 is 11.7 Å². The number of carbonyl (C=O) groups excluding carboxylic acids is 1. The average molecular weight is 521 g/mol. The molecule has 1 N–H and O–H groups in total. The molecule has 0 unspecified atom stereocenters. The average Bonchev–Trinajstić information content (AvgIpc) is 3.45. The largest absolute Gasteiger partial charge is 0.369 e. The molecule has 0 radical (unpaired) electrons. The quantitative estimate of drug-likeness (QED) is 0.374. The first-order valence-corrected chi connectivity index (χ1v) is 13.2. The van der Waals surface area contributed by atoms with Crippen molar-refractivity contribution < 1.29 is 13.6 Å². The minimum absolute atomic E-state index is 0.118. The van der Waals surface area contributed by atoms with Crippen molar-refractivity contribution in [2.75, 3.05) is 43.4 Å². The number of anilines is 2. The van der Waals surface area contributed by atoms with Crippen LogP contribution < -0.4 is 10.2 Å². The van der Waals surface area contributed by atoms with Gasteiger partial charge in [-0.2, -0.15) is 0 Å². The molecule has 6 rings (SSSR count). The van der Waals surface area contributed by atoms with Crippen LogP contribution in [-0.4, -0.2) is 58.6 Å². The van der Waals surface area contributed by atoms with Crippen molar-refractivity contribution in [3.63, 3.8) is 0 Å². The Labute approximate surface area is 217 Å². The van der Waals surface area contributed by atoms with Gasteiger partial charge in [0.1, 0.15) is 28.0 Å². The molecule has 1 amide bonds. The van der Waals surface area contributed by atoms with E-state index in [-0.39, 0.29) is 17.2 Å². The fraction of sp³-hybridized carbons (Fsp3) is 0.296. The summed E-state index contributed by atoms with van der Waals surface area (Å²) in [6, 6.07) is 11.4. The molecule has 2 aliphatic rings. The maximum Gasteiger partial charge on any atom is 0.275 e. The normalized spacial score (nSPS) is 16.2. The number of benzene rings is 2. The van der Waals surface area contributed by atoms with E-state index in [1.807, 2.05) is 6.07 Å². The number of carbonyl (C=O) groups is 1. The summed E-state index contributed by atoms with van der Waals surface area (Å²) >= 11 is 1.33. The fourth-order valence-corrected chi connectivity index (χ4v) is 5.41. The van der Waals surface area contributed by atoms with Crippen molar-refractivity contribution in [1.82, 2.24) is 19.4 Å². The highest BCUT2D eigenvalue weighted by Crippen LogP contribution is 2.42. The number of rotatable bonds is 6. The van der Waals surface area contributed by atoms with E-state index in [0.717, 1.165) is 56.0 Å². The van der Waals surface area contributed by atoms with Gasteiger partial charge in [-0.3, -0.25) is 4.79 Å². The lowest BCUT2D eigenvalue weighted by Gasteiger charge is -2.34. The minimum atomic E-state index is -0.481. The molecule has 1 saturated carbocycles. The van der Waals surface area contributed by atoms with Crippen molar-refractivity contribution in [3.05, 3.63) is 71.5 Å². The number of halogens is 2. The first-order valence-electron chi connectivity index (χ1n) is 12.3. The number of imidazole rings is 1. The Bertz CT molecular complexity index is 1440. The summed E-state index contributed by atoms with van der Waals surface area (Å²) in [6.07, 6.45) is 3.88. The number of hydrogen-bond acceptors (Lipinski definition) is 6. The molecule has 0 spiro atoms. The monoisotopic (exact) mass is 520 g/mol. The van der Waals surface area contributed by atoms with Gasteiger partial charge >= 0.3 is 0 Å². The van der Waals surface area contributed by atoms with Gasteiger partial charge in [0.2, 0.25) is 0 Å². The Morgan fingerprint density at radius 2 is 1.81 bits per heavy atom. The van der Waals surface area contributed by atoms with Gasteiger partial charge in [-0.05, 0) is 62.4 Å². The third-order valence-corrected chi connectivity index (χ3v) is 7.71. The summed E-state index contributed by atoms with van der Waals surface area (Å²) in [7, 11) is 2.07. The number of amides is 1. The fourth-order valence-electron chi connectivity index (χ4n) is 4.56. The highest BCUT2D eigenvalue weighted by Gasteiger charge is 2.30. The number of hydrogen-bond donors (Lipinski definition) is 1. The molecular weight excluding hydrogens is 494 g/mol. The zero-order valence-electron chi connectivity index (χ0n) is 20.3. The smallest absolute Gasteiger partial charge is 0.275 e. The molecule has 1 aliphatic heterocycles. The molecule has 37 heavy (non-hydrogen) atoms. The molecule has 4 aromatic rings. The van der Waals surface area contributed by atoms with Crippen LogP contribution >= 0.6 is 11.3 Å². The lowest BCUT2D eigenvalue weighted by molar-refractivity contribution is 0.102. The van der Waals surface area contributed by atoms with Crippen LogP contribution in [0.25, 0.3) is 22.0 Å². The molecule has 7 nitrogen and oxygen atoms in total. The summed E-state index contributed by atoms with van der Waals surface area (Å²) < 4.78 is 30.5. The Balaban J connectivity index is 1.23. The molecule has 2 aromatic carbocycles. The molecule has 3 heterocycles. The molecule has 1 saturated heterocycles. The SMILES string of the molecule is CN1CCN(c2ccc(NC(=O)c3csc(-c4c(-c5ccc(F)cc5)ncn4C4CC4)n3)c(F)c2)CC1. The van der Waals surface area contributed by atoms with E-state index in [0.29, 0.717) is 16.7 Å². The molecule has 2 fully saturated rings. The van der Waals surface area contributed by atoms with Crippen LogP contribution in [0, 0.1) is 11.6 Å². The van der Waals surface area contributed by atoms with Crippen LogP contribution in [0.5, 0.6) is 0 Å². The maximum absolute atomic E-state index is 14.9. The third kappa shape index (κ3) is 4.86. The predicted octanol–water partition coefficient (Wildman–Crippen LogP) is 5.29. The van der Waals surface area contributed by atoms with Gasteiger partial charge in [0, 0.05) is 48.9 Å². The lowest BCUT2D eigenvalue weighted by Crippen LogP contribution is -2.44. The summed E-state index contributed by atoms with van der Waals surface area (Å²) in [5, 5.41) is 4.97. The van der Waals surface area contributed by atoms with Crippen LogP contribution in [0.15, 0.2) is 54.2 Å². The second kappa shape index (κ2) is 9.68. The van der Waals surface area contributed by atoms with E-state index in [4.69, 9.17) is 0 Å². The second-order valence-electron chi connectivity index (χ2n) is 9.53. The van der Waals surface area contributed by atoms with Crippen molar-refractivity contribution in [2.24, 2.45) is 0 Å². The molecule has 0 atom stereocenters. The molecule has 1 aliphatic carbocycles. The number of nitrogens with one attached hydrogen (secondary N) is 1. The number of likely N-dealkylation sites (N-methyl/N-ethyl adjacent to an activating group) is 1. The van der Waals surface area contributed by atoms with Gasteiger partial charge in [0.05, 0.1) is 17.7 Å². The summed E-state index contributed by atoms with van der Waals surface area (Å²) in [4.78, 5) is 26.5. The topological polar surface area (TPSA) is 66.3 Å². The first-order chi connectivity index (χ1) is 18.0. The number of aromatic nitrogens is 3. The van der Waals surface area contributed by atoms with Gasteiger partial charge < -0.3 is 19.7 Å². The van der Waals surface area contributed by atoms with Crippen LogP contribution in [0.3, 0.4) is 0 Å². The number of nitrogens with zero attached hydrogens (tertiary/aromatic N) is 5. The van der Waals surface area contributed by atoms with E-state index in [1.165, 1.54) is 29.5 Å². The van der Waals surface area contributed by atoms with Crippen LogP contribution in [0.2, 0.25) is 0 Å². The minimum Gasteiger partial charge on any atom is -0.369 e. The van der Waals surface area contributed by atoms with Crippen molar-refractivity contribution in [2.45, 2.75) is 18.9 Å². The van der Waals surface area contributed by atoms with Crippen LogP contribution in [-0.2, 0) is 0 Å². The highest BCUT2D eigenvalue weighted by atomic mass is 32.1. The standard InChI is InChI=1S/C27H26F2N6OS/c1-33-10-12-34(13-11-33)20-8-9-22(21(29)14-20)31-26(36)23-15-37-27(32-23)25-24(17-2-4-18(28)5-3-17)30-16-35(25)19-6-7-19/h2-5,8-9,14-16,19H,6-7,10-13H2,1H3,(H,31,36). The van der Waals surface area contributed by atoms with E-state index in [2.05, 4.69) is 36.7 Å². The van der Waals surface area contributed by atoms with Crippen molar-refractivity contribution in [3.8, 4) is 22.0 Å². The van der Waals surface area contributed by atoms with E-state index >= 15 is 0 Å². The van der Waals surface area contributed by atoms with Gasteiger partial charge in [0.25, 0.3) is 5.91 Å². The lowest BCUT2D eigenvalue weighted by atomic mass is 10.1. The van der Waals surface area contributed by atoms with Gasteiger partial charge in [-0.1, -0.05) is 0 Å². The van der Waals surface area contributed by atoms with Crippen molar-refractivity contribution >= 4 is 28.6 Å². The Hall–Kier alpha value is -3.63. The Kier molecular flexibility index (Phi) is 6.21. The summed E-state index contributed by atoms with van der Waals surface area (Å²) in [6.45, 7) is 3.52. The zero-order chi connectivity index (χ0) is 25.5. The maximum atomic E-state index is 14.9. The van der Waals surface area contributed by atoms with Crippen LogP contribution in [0.1, 0.15) is 29.4 Å². The molecule has 0 bridgehead atoms. The molecular formula is C27H26F2N6OS. The second-order valence-corrected chi connectivity index (χ2v) is 10.4.